The lowest BCUT2D eigenvalue weighted by molar-refractivity contribution is 0.589. The van der Waals surface area contributed by atoms with E-state index in [1.165, 1.54) is 87.9 Å². The molecule has 0 bridgehead atoms. The molecule has 0 amide bonds. The number of nitrogens with zero attached hydrogens (tertiary/aromatic N) is 2. The zero-order chi connectivity index (χ0) is 58.8. The Bertz CT molecular complexity index is 5070. The number of aryl methyl sites for hydroxylation is 1. The average molecular weight is 1130 g/mol. The first-order valence-corrected chi connectivity index (χ1v) is 34.0. The zero-order valence-corrected chi connectivity index (χ0v) is 51.7. The van der Waals surface area contributed by atoms with Gasteiger partial charge in [-0.15, -0.1) is 0 Å². The van der Waals surface area contributed by atoms with Crippen molar-refractivity contribution in [2.24, 2.45) is 0 Å². The maximum Gasteiger partial charge on any atom is 0.159 e. The highest BCUT2D eigenvalue weighted by molar-refractivity contribution is 6.88. The van der Waals surface area contributed by atoms with E-state index in [1.807, 2.05) is 0 Å². The third-order valence-electron chi connectivity index (χ3n) is 19.0. The van der Waals surface area contributed by atoms with Gasteiger partial charge in [-0.05, 0) is 168 Å². The Labute approximate surface area is 504 Å². The molecular formula is C81H68N2O2Si. The first-order valence-electron chi connectivity index (χ1n) is 30.5. The van der Waals surface area contributed by atoms with E-state index in [1.54, 1.807) is 0 Å². The number of rotatable bonds is 7. The van der Waals surface area contributed by atoms with E-state index < -0.39 is 13.5 Å². The van der Waals surface area contributed by atoms with Gasteiger partial charge in [-0.25, -0.2) is 0 Å². The fourth-order valence-corrected chi connectivity index (χ4v) is 15.7. The summed E-state index contributed by atoms with van der Waals surface area (Å²) >= 11 is 0. The van der Waals surface area contributed by atoms with Gasteiger partial charge in [-0.2, -0.15) is 0 Å². The topological polar surface area (TPSA) is 32.8 Å². The summed E-state index contributed by atoms with van der Waals surface area (Å²) in [6.45, 7) is 23.5. The van der Waals surface area contributed by atoms with Gasteiger partial charge in [0.25, 0.3) is 0 Å². The van der Waals surface area contributed by atoms with Crippen molar-refractivity contribution in [1.29, 1.82) is 0 Å². The number of benzene rings is 12. The minimum atomic E-state index is -1.59. The van der Waals surface area contributed by atoms with Crippen molar-refractivity contribution < 1.29 is 8.83 Å². The predicted octanol–water partition coefficient (Wildman–Crippen LogP) is 22.5. The molecule has 4 nitrogen and oxygen atoms in total. The van der Waals surface area contributed by atoms with E-state index in [4.69, 9.17) is 8.83 Å². The second-order valence-electron chi connectivity index (χ2n) is 27.4. The SMILES string of the molecule is Cc1ccc(N(c2ccc3c4c(ccc3c2)-c2ccc3cc(N(c5ccc([Si](C)(C)C)cc5)c5cccc6c5oc5ccccc56)ccc3c2C42c3ccc(C(C)(C)C)cc3-c3cc(C(C)(C)C)ccc32)c2cccc3c2oc2ccccc23)cc1. The van der Waals surface area contributed by atoms with Crippen molar-refractivity contribution >= 4 is 113 Å². The lowest BCUT2D eigenvalue weighted by Crippen LogP contribution is -2.37. The lowest BCUT2D eigenvalue weighted by atomic mass is 9.68. The molecule has 0 saturated heterocycles. The molecule has 12 aromatic carbocycles. The van der Waals surface area contributed by atoms with E-state index in [0.717, 1.165) is 78.0 Å². The Morgan fingerprint density at radius 1 is 0.360 bits per heavy atom. The van der Waals surface area contributed by atoms with Crippen LogP contribution in [0.4, 0.5) is 34.1 Å². The van der Waals surface area contributed by atoms with Crippen molar-refractivity contribution in [3.8, 4) is 22.3 Å². The van der Waals surface area contributed by atoms with Crippen LogP contribution < -0.4 is 15.0 Å². The Hall–Kier alpha value is -9.42. The molecule has 0 fully saturated rings. The highest BCUT2D eigenvalue weighted by Gasteiger charge is 2.54. The molecule has 0 unspecified atom stereocenters. The second-order valence-corrected chi connectivity index (χ2v) is 32.4. The summed E-state index contributed by atoms with van der Waals surface area (Å²) in [7, 11) is -1.59. The van der Waals surface area contributed by atoms with Crippen LogP contribution in [-0.2, 0) is 16.2 Å². The van der Waals surface area contributed by atoms with Crippen LogP contribution in [0, 0.1) is 6.92 Å². The van der Waals surface area contributed by atoms with E-state index in [0.29, 0.717) is 0 Å². The Morgan fingerprint density at radius 2 is 0.779 bits per heavy atom. The van der Waals surface area contributed by atoms with Gasteiger partial charge >= 0.3 is 0 Å². The van der Waals surface area contributed by atoms with Crippen LogP contribution in [0.25, 0.3) is 87.7 Å². The van der Waals surface area contributed by atoms with E-state index in [9.17, 15) is 0 Å². The van der Waals surface area contributed by atoms with Crippen LogP contribution in [0.5, 0.6) is 0 Å². The molecule has 418 valence electrons. The average Bonchev–Trinajstić information content (AvgIpc) is 1.49. The van der Waals surface area contributed by atoms with E-state index >= 15 is 0 Å². The molecule has 2 aromatic heterocycles. The van der Waals surface area contributed by atoms with Crippen LogP contribution >= 0.6 is 0 Å². The minimum absolute atomic E-state index is 0.0616. The Kier molecular flexibility index (Phi) is 11.2. The Balaban J connectivity index is 0.955. The zero-order valence-electron chi connectivity index (χ0n) is 50.7. The number of anilines is 6. The number of para-hydroxylation sites is 4. The molecule has 0 radical (unpaired) electrons. The molecule has 1 spiro atoms. The van der Waals surface area contributed by atoms with E-state index in [2.05, 4.69) is 308 Å². The monoisotopic (exact) mass is 1130 g/mol. The highest BCUT2D eigenvalue weighted by Crippen LogP contribution is 2.66. The molecule has 16 rings (SSSR count). The van der Waals surface area contributed by atoms with Crippen LogP contribution in [0.2, 0.25) is 19.6 Å². The number of fused-ring (bicyclic) bond motifs is 20. The maximum atomic E-state index is 6.85. The van der Waals surface area contributed by atoms with Gasteiger partial charge in [-0.3, -0.25) is 0 Å². The molecule has 2 aliphatic carbocycles. The number of hydrogen-bond donors (Lipinski definition) is 0. The summed E-state index contributed by atoms with van der Waals surface area (Å²) in [5, 5.41) is 10.7. The third-order valence-corrected chi connectivity index (χ3v) is 21.0. The number of hydrogen-bond acceptors (Lipinski definition) is 4. The van der Waals surface area contributed by atoms with Crippen LogP contribution in [-0.4, -0.2) is 8.07 Å². The van der Waals surface area contributed by atoms with Gasteiger partial charge < -0.3 is 18.6 Å². The van der Waals surface area contributed by atoms with Gasteiger partial charge in [0.05, 0.1) is 24.9 Å². The molecule has 86 heavy (non-hydrogen) atoms. The molecular weight excluding hydrogens is 1060 g/mol. The standard InChI is InChI=1S/C81H68N2O2Si/c1-49-25-31-54(32-26-49)82(71-21-15-19-65-61-17-11-13-23-73(61)84-77(65)71)56-35-41-59-50(45-56)27-39-63-64-40-28-51-46-57(83(55-33-37-58(38-34-55)86(8,9)10)72-22-16-20-66-62-18-12-14-24-74(62)85-78(66)72)36-42-60(51)76(64)81(75(59)63)69-43-29-52(79(2,3)4)47-67(69)68-48-53(80(5,6)7)30-44-70(68)81/h11-48H,1-10H3. The van der Waals surface area contributed by atoms with Gasteiger partial charge in [0, 0.05) is 44.3 Å². The molecule has 0 saturated carbocycles. The molecule has 0 aliphatic heterocycles. The summed E-state index contributed by atoms with van der Waals surface area (Å²) in [5.74, 6) is 0. The molecule has 0 N–H and O–H groups in total. The summed E-state index contributed by atoms with van der Waals surface area (Å²) in [6.07, 6.45) is 0. The third kappa shape index (κ3) is 7.73. The second kappa shape index (κ2) is 18.5. The molecule has 5 heteroatoms. The molecule has 2 aliphatic rings. The quantitative estimate of drug-likeness (QED) is 0.149. The van der Waals surface area contributed by atoms with Crippen molar-refractivity contribution in [3.63, 3.8) is 0 Å². The highest BCUT2D eigenvalue weighted by atomic mass is 28.3. The molecule has 14 aromatic rings. The van der Waals surface area contributed by atoms with Crippen molar-refractivity contribution in [3.05, 3.63) is 269 Å². The van der Waals surface area contributed by atoms with Crippen LogP contribution in [0.15, 0.2) is 239 Å². The van der Waals surface area contributed by atoms with Gasteiger partial charge in [0.1, 0.15) is 11.2 Å². The normalized spacial score (nSPS) is 13.6. The fourth-order valence-electron chi connectivity index (χ4n) is 14.6. The summed E-state index contributed by atoms with van der Waals surface area (Å²) in [4.78, 5) is 4.80. The predicted molar refractivity (Wildman–Crippen MR) is 367 cm³/mol. The maximum absolute atomic E-state index is 6.85. The van der Waals surface area contributed by atoms with Crippen LogP contribution in [0.1, 0.15) is 80.5 Å². The largest absolute Gasteiger partial charge is 0.454 e. The van der Waals surface area contributed by atoms with E-state index in [-0.39, 0.29) is 10.8 Å². The van der Waals surface area contributed by atoms with Gasteiger partial charge in [0.15, 0.2) is 11.2 Å². The number of furan rings is 2. The van der Waals surface area contributed by atoms with Gasteiger partial charge in [0.2, 0.25) is 0 Å². The summed E-state index contributed by atoms with van der Waals surface area (Å²) in [5.41, 5.74) is 23.4. The van der Waals surface area contributed by atoms with Crippen molar-refractivity contribution in [2.75, 3.05) is 9.80 Å². The Morgan fingerprint density at radius 3 is 1.22 bits per heavy atom. The first kappa shape index (κ1) is 52.2. The summed E-state index contributed by atoms with van der Waals surface area (Å²) < 4.78 is 13.6. The lowest BCUT2D eigenvalue weighted by Gasteiger charge is -2.33. The molecule has 2 heterocycles. The first-order chi connectivity index (χ1) is 41.4. The van der Waals surface area contributed by atoms with Crippen LogP contribution in [0.3, 0.4) is 0 Å². The van der Waals surface area contributed by atoms with Crippen molar-refractivity contribution in [2.45, 2.75) is 84.4 Å². The smallest absolute Gasteiger partial charge is 0.159 e. The minimum Gasteiger partial charge on any atom is -0.454 e. The van der Waals surface area contributed by atoms with Crippen molar-refractivity contribution in [1.82, 2.24) is 0 Å². The molecule has 0 atom stereocenters. The fraction of sp³-hybridized carbons (Fsp3) is 0.160. The van der Waals surface area contributed by atoms with Gasteiger partial charge in [-0.1, -0.05) is 230 Å². The summed E-state index contributed by atoms with van der Waals surface area (Å²) in [6, 6.07) is 87.0.